The molecule has 1 amide bonds. The van der Waals surface area contributed by atoms with E-state index in [9.17, 15) is 13.8 Å². The van der Waals surface area contributed by atoms with Gasteiger partial charge in [-0.3, -0.25) is 9.59 Å². The van der Waals surface area contributed by atoms with Gasteiger partial charge in [0.15, 0.2) is 0 Å². The number of nitrogens with one attached hydrogen (secondary N) is 2. The van der Waals surface area contributed by atoms with Crippen molar-refractivity contribution < 1.29 is 18.5 Å². The maximum atomic E-state index is 13.2. The summed E-state index contributed by atoms with van der Waals surface area (Å²) in [4.78, 5) is 25.5. The number of anilines is 1. The van der Waals surface area contributed by atoms with Gasteiger partial charge in [0.05, 0.1) is 13.0 Å². The zero-order chi connectivity index (χ0) is 23.4. The van der Waals surface area contributed by atoms with Crippen LogP contribution in [0.25, 0.3) is 0 Å². The third-order valence-corrected chi connectivity index (χ3v) is 11.2. The van der Waals surface area contributed by atoms with Crippen molar-refractivity contribution in [2.24, 2.45) is 34.5 Å². The number of para-hydroxylation sites is 1. The second kappa shape index (κ2) is 8.40. The molecule has 6 nitrogen and oxygen atoms in total. The Bertz CT molecular complexity index is 955. The fraction of sp³-hybridized carbons (Fsp3) is 0.692. The standard InChI is InChI=1S/C26H36N2O4S/c1-25-14-13-19-17(18(25)10-11-20(25)24(30)32-3)9-12-22-26(19,2)15-21(23(29)27-22)33(31)28-16-7-5-4-6-8-16/h4-8,17-22,28H,9-15H2,1-3H3,(H,27,29)/t17-,18-,19-,20+,21+,22+,25-,26+,33?/m0/s1. The van der Waals surface area contributed by atoms with E-state index in [1.807, 2.05) is 30.3 Å². The molecule has 0 bridgehead atoms. The van der Waals surface area contributed by atoms with Gasteiger partial charge in [0.25, 0.3) is 0 Å². The summed E-state index contributed by atoms with van der Waals surface area (Å²) in [5, 5.41) is 2.70. The number of ether oxygens (including phenoxy) is 1. The summed E-state index contributed by atoms with van der Waals surface area (Å²) in [6.45, 7) is 4.62. The highest BCUT2D eigenvalue weighted by Gasteiger charge is 2.62. The molecular formula is C26H36N2O4S. The molecule has 4 fully saturated rings. The maximum absolute atomic E-state index is 13.2. The van der Waals surface area contributed by atoms with Gasteiger partial charge in [-0.05, 0) is 85.7 Å². The Kier molecular flexibility index (Phi) is 5.82. The van der Waals surface area contributed by atoms with Crippen LogP contribution in [-0.4, -0.2) is 34.5 Å². The molecule has 4 aliphatic rings. The Labute approximate surface area is 199 Å². The molecule has 1 saturated heterocycles. The number of fused-ring (bicyclic) bond motifs is 5. The maximum Gasteiger partial charge on any atom is 0.309 e. The number of carbonyl (C=O) groups excluding carboxylic acids is 2. The molecule has 33 heavy (non-hydrogen) atoms. The molecule has 0 aromatic heterocycles. The van der Waals surface area contributed by atoms with Gasteiger partial charge in [0.1, 0.15) is 16.2 Å². The number of carbonyl (C=O) groups is 2. The van der Waals surface area contributed by atoms with E-state index in [1.165, 1.54) is 7.11 Å². The van der Waals surface area contributed by atoms with Gasteiger partial charge >= 0.3 is 5.97 Å². The van der Waals surface area contributed by atoms with Crippen molar-refractivity contribution in [3.05, 3.63) is 30.3 Å². The highest BCUT2D eigenvalue weighted by atomic mass is 32.2. The summed E-state index contributed by atoms with van der Waals surface area (Å²) in [6, 6.07) is 9.59. The first-order valence-corrected chi connectivity index (χ1v) is 13.6. The lowest BCUT2D eigenvalue weighted by Crippen LogP contribution is -2.65. The van der Waals surface area contributed by atoms with Crippen LogP contribution in [0.5, 0.6) is 0 Å². The van der Waals surface area contributed by atoms with Crippen LogP contribution < -0.4 is 10.0 Å². The van der Waals surface area contributed by atoms with Crippen LogP contribution >= 0.6 is 0 Å². The molecule has 1 aromatic carbocycles. The molecule has 0 radical (unpaired) electrons. The van der Waals surface area contributed by atoms with E-state index in [-0.39, 0.29) is 34.7 Å². The second-order valence-electron chi connectivity index (χ2n) is 11.2. The number of esters is 1. The van der Waals surface area contributed by atoms with Crippen LogP contribution in [0, 0.1) is 34.5 Å². The average Bonchev–Trinajstić information content (AvgIpc) is 3.16. The predicted molar refractivity (Wildman–Crippen MR) is 128 cm³/mol. The number of benzene rings is 1. The normalized spacial score (nSPS) is 42.8. The Morgan fingerprint density at radius 3 is 2.52 bits per heavy atom. The van der Waals surface area contributed by atoms with Crippen molar-refractivity contribution in [2.75, 3.05) is 11.8 Å². The molecule has 9 atom stereocenters. The van der Waals surface area contributed by atoms with Gasteiger partial charge in [-0.15, -0.1) is 0 Å². The molecule has 2 N–H and O–H groups in total. The molecule has 3 saturated carbocycles. The van der Waals surface area contributed by atoms with Crippen molar-refractivity contribution in [3.8, 4) is 0 Å². The zero-order valence-corrected chi connectivity index (χ0v) is 20.7. The number of amides is 1. The van der Waals surface area contributed by atoms with Gasteiger partial charge in [0.2, 0.25) is 5.91 Å². The Hall–Kier alpha value is -1.89. The molecule has 1 unspecified atom stereocenters. The predicted octanol–water partition coefficient (Wildman–Crippen LogP) is 4.05. The summed E-state index contributed by atoms with van der Waals surface area (Å²) in [5.74, 6) is 1.39. The van der Waals surface area contributed by atoms with Gasteiger partial charge in [-0.25, -0.2) is 4.21 Å². The van der Waals surface area contributed by atoms with Crippen molar-refractivity contribution in [3.63, 3.8) is 0 Å². The van der Waals surface area contributed by atoms with Crippen LogP contribution in [0.1, 0.15) is 58.8 Å². The minimum absolute atomic E-state index is 0.000336. The zero-order valence-electron chi connectivity index (χ0n) is 19.8. The van der Waals surface area contributed by atoms with Gasteiger partial charge in [0, 0.05) is 11.7 Å². The molecule has 5 rings (SSSR count). The molecular weight excluding hydrogens is 436 g/mol. The van der Waals surface area contributed by atoms with Crippen molar-refractivity contribution >= 4 is 28.5 Å². The molecule has 3 aliphatic carbocycles. The lowest BCUT2D eigenvalue weighted by Gasteiger charge is -2.60. The van der Waals surface area contributed by atoms with E-state index in [4.69, 9.17) is 4.74 Å². The summed E-state index contributed by atoms with van der Waals surface area (Å²) >= 11 is 0. The number of hydrogen-bond donors (Lipinski definition) is 2. The fourth-order valence-electron chi connectivity index (χ4n) is 8.14. The van der Waals surface area contributed by atoms with E-state index < -0.39 is 16.2 Å². The van der Waals surface area contributed by atoms with E-state index in [1.54, 1.807) is 0 Å². The lowest BCUT2D eigenvalue weighted by atomic mass is 9.47. The average molecular weight is 473 g/mol. The van der Waals surface area contributed by atoms with E-state index in [0.717, 1.165) is 44.2 Å². The highest BCUT2D eigenvalue weighted by molar-refractivity contribution is 7.87. The van der Waals surface area contributed by atoms with Crippen LogP contribution in [0.4, 0.5) is 5.69 Å². The minimum Gasteiger partial charge on any atom is -0.469 e. The van der Waals surface area contributed by atoms with E-state index in [2.05, 4.69) is 23.9 Å². The van der Waals surface area contributed by atoms with Crippen molar-refractivity contribution in [1.82, 2.24) is 5.32 Å². The van der Waals surface area contributed by atoms with Gasteiger partial charge < -0.3 is 14.8 Å². The number of methoxy groups -OCH3 is 1. The lowest BCUT2D eigenvalue weighted by molar-refractivity contribution is -0.155. The molecule has 7 heteroatoms. The first-order chi connectivity index (χ1) is 15.8. The number of piperidine rings is 1. The molecule has 1 aromatic rings. The van der Waals surface area contributed by atoms with Crippen molar-refractivity contribution in [1.29, 1.82) is 0 Å². The van der Waals surface area contributed by atoms with Crippen LogP contribution in [0.2, 0.25) is 0 Å². The quantitative estimate of drug-likeness (QED) is 0.648. The molecule has 1 heterocycles. The highest BCUT2D eigenvalue weighted by Crippen LogP contribution is 2.65. The van der Waals surface area contributed by atoms with Crippen molar-refractivity contribution in [2.45, 2.75) is 70.1 Å². The topological polar surface area (TPSA) is 84.5 Å². The Morgan fingerprint density at radius 1 is 1.06 bits per heavy atom. The third-order valence-electron chi connectivity index (χ3n) is 9.84. The first kappa shape index (κ1) is 22.9. The second-order valence-corrected chi connectivity index (χ2v) is 12.5. The summed E-state index contributed by atoms with van der Waals surface area (Å²) < 4.78 is 21.4. The first-order valence-electron chi connectivity index (χ1n) is 12.4. The van der Waals surface area contributed by atoms with E-state index >= 15 is 0 Å². The van der Waals surface area contributed by atoms with Gasteiger partial charge in [-0.2, -0.15) is 0 Å². The van der Waals surface area contributed by atoms with Crippen LogP contribution in [0.15, 0.2) is 30.3 Å². The fourth-order valence-corrected chi connectivity index (χ4v) is 9.42. The summed E-state index contributed by atoms with van der Waals surface area (Å²) in [6.07, 6.45) is 6.77. The smallest absolute Gasteiger partial charge is 0.309 e. The molecule has 0 spiro atoms. The van der Waals surface area contributed by atoms with Crippen LogP contribution in [-0.2, 0) is 25.3 Å². The van der Waals surface area contributed by atoms with Crippen LogP contribution in [0.3, 0.4) is 0 Å². The SMILES string of the molecule is COC(=O)[C@H]1CC[C@H]2[C@@H]3CC[C@H]4NC(=O)[C@H](S(=O)Nc5ccccc5)C[C@]4(C)[C@H]3CC[C@]12C. The van der Waals surface area contributed by atoms with E-state index in [0.29, 0.717) is 24.2 Å². The Morgan fingerprint density at radius 2 is 1.79 bits per heavy atom. The largest absolute Gasteiger partial charge is 0.469 e. The third kappa shape index (κ3) is 3.62. The molecule has 180 valence electrons. The Balaban J connectivity index is 1.37. The molecule has 1 aliphatic heterocycles. The minimum atomic E-state index is -1.49. The summed E-state index contributed by atoms with van der Waals surface area (Å²) in [5.41, 5.74) is 0.692. The monoisotopic (exact) mass is 472 g/mol. The number of hydrogen-bond acceptors (Lipinski definition) is 4. The van der Waals surface area contributed by atoms with Gasteiger partial charge in [-0.1, -0.05) is 32.0 Å². The number of rotatable bonds is 4. The summed E-state index contributed by atoms with van der Waals surface area (Å²) in [7, 11) is 0.0147.